The predicted molar refractivity (Wildman–Crippen MR) is 85.8 cm³/mol. The number of fused-ring (bicyclic) bond motifs is 1. The van der Waals surface area contributed by atoms with Crippen LogP contribution < -0.4 is 5.32 Å². The maximum absolute atomic E-state index is 4.45. The van der Waals surface area contributed by atoms with Crippen molar-refractivity contribution < 1.29 is 0 Å². The number of hydrogen-bond donors (Lipinski definition) is 1. The Balaban J connectivity index is 0.000000704. The molecule has 3 heteroatoms. The number of nitrogens with zero attached hydrogens (tertiary/aromatic N) is 2. The van der Waals surface area contributed by atoms with Gasteiger partial charge in [-0.3, -0.25) is 0 Å². The molecular formula is C17H25N3. The van der Waals surface area contributed by atoms with Crippen molar-refractivity contribution in [3.63, 3.8) is 0 Å². The summed E-state index contributed by atoms with van der Waals surface area (Å²) >= 11 is 0. The number of anilines is 1. The van der Waals surface area contributed by atoms with Gasteiger partial charge < -0.3 is 5.32 Å². The van der Waals surface area contributed by atoms with Crippen molar-refractivity contribution in [1.82, 2.24) is 9.78 Å². The van der Waals surface area contributed by atoms with Crippen molar-refractivity contribution >= 4 is 5.69 Å². The summed E-state index contributed by atoms with van der Waals surface area (Å²) < 4.78 is 2.06. The number of hydrogen-bond acceptors (Lipinski definition) is 2. The van der Waals surface area contributed by atoms with Crippen LogP contribution in [0.3, 0.4) is 0 Å². The van der Waals surface area contributed by atoms with E-state index in [0.717, 1.165) is 13.0 Å². The first kappa shape index (κ1) is 14.6. The van der Waals surface area contributed by atoms with Crippen LogP contribution in [0, 0.1) is 0 Å². The van der Waals surface area contributed by atoms with E-state index in [2.05, 4.69) is 53.2 Å². The molecule has 0 spiro atoms. The normalized spacial score (nSPS) is 13.2. The topological polar surface area (TPSA) is 29.9 Å². The lowest BCUT2D eigenvalue weighted by Gasteiger charge is -2.19. The van der Waals surface area contributed by atoms with Crippen LogP contribution in [0.4, 0.5) is 5.69 Å². The molecule has 0 fully saturated rings. The molecule has 0 unspecified atom stereocenters. The lowest BCUT2D eigenvalue weighted by atomic mass is 10.0. The number of aryl methyl sites for hydroxylation is 1. The van der Waals surface area contributed by atoms with Crippen molar-refractivity contribution in [2.45, 2.75) is 46.5 Å². The molecule has 1 aliphatic heterocycles. The van der Waals surface area contributed by atoms with Gasteiger partial charge in [-0.25, -0.2) is 4.68 Å². The van der Waals surface area contributed by atoms with E-state index in [4.69, 9.17) is 0 Å². The van der Waals surface area contributed by atoms with Crippen molar-refractivity contribution in [2.75, 3.05) is 11.9 Å². The van der Waals surface area contributed by atoms with E-state index in [1.165, 1.54) is 29.1 Å². The number of benzene rings is 1. The van der Waals surface area contributed by atoms with Crippen LogP contribution in [0.25, 0.3) is 5.69 Å². The Bertz CT molecular complexity index is 555. The van der Waals surface area contributed by atoms with Crippen molar-refractivity contribution in [1.29, 1.82) is 0 Å². The predicted octanol–water partition coefficient (Wildman–Crippen LogP) is 4.38. The molecule has 0 saturated carbocycles. The van der Waals surface area contributed by atoms with Gasteiger partial charge in [0.05, 0.1) is 5.69 Å². The van der Waals surface area contributed by atoms with E-state index in [1.807, 2.05) is 20.0 Å². The Kier molecular flexibility index (Phi) is 4.83. The highest BCUT2D eigenvalue weighted by Gasteiger charge is 2.12. The Hall–Kier alpha value is -1.77. The summed E-state index contributed by atoms with van der Waals surface area (Å²) in [6.07, 6.45) is 4.26. The first-order valence-electron chi connectivity index (χ1n) is 7.67. The largest absolute Gasteiger partial charge is 0.385 e. The van der Waals surface area contributed by atoms with Crippen LogP contribution in [0.1, 0.15) is 51.3 Å². The molecule has 3 nitrogen and oxygen atoms in total. The summed E-state index contributed by atoms with van der Waals surface area (Å²) in [6, 6.07) is 8.69. The van der Waals surface area contributed by atoms with Gasteiger partial charge in [-0.1, -0.05) is 27.7 Å². The molecule has 0 atom stereocenters. The van der Waals surface area contributed by atoms with E-state index >= 15 is 0 Å². The van der Waals surface area contributed by atoms with Crippen LogP contribution in [-0.2, 0) is 6.42 Å². The van der Waals surface area contributed by atoms with Crippen molar-refractivity contribution in [3.05, 3.63) is 41.7 Å². The first-order valence-corrected chi connectivity index (χ1v) is 7.67. The third kappa shape index (κ3) is 2.87. The highest BCUT2D eigenvalue weighted by molar-refractivity contribution is 5.57. The summed E-state index contributed by atoms with van der Waals surface area (Å²) in [5.41, 5.74) is 5.12. The zero-order valence-electron chi connectivity index (χ0n) is 13.0. The third-order valence-electron chi connectivity index (χ3n) is 3.54. The fraction of sp³-hybridized carbons (Fsp3) is 0.471. The molecular weight excluding hydrogens is 246 g/mol. The van der Waals surface area contributed by atoms with E-state index in [9.17, 15) is 0 Å². The average Bonchev–Trinajstić information content (AvgIpc) is 2.98. The van der Waals surface area contributed by atoms with Crippen LogP contribution >= 0.6 is 0 Å². The summed E-state index contributed by atoms with van der Waals surface area (Å²) in [5.74, 6) is 0.488. The molecule has 3 rings (SSSR count). The van der Waals surface area contributed by atoms with Gasteiger partial charge in [-0.2, -0.15) is 5.10 Å². The quantitative estimate of drug-likeness (QED) is 0.878. The monoisotopic (exact) mass is 271 g/mol. The molecule has 2 heterocycles. The number of rotatable bonds is 2. The summed E-state index contributed by atoms with van der Waals surface area (Å²) in [7, 11) is 0. The highest BCUT2D eigenvalue weighted by atomic mass is 15.3. The second-order valence-corrected chi connectivity index (χ2v) is 5.19. The second-order valence-electron chi connectivity index (χ2n) is 5.19. The van der Waals surface area contributed by atoms with Crippen molar-refractivity contribution in [2.24, 2.45) is 0 Å². The van der Waals surface area contributed by atoms with Gasteiger partial charge in [-0.05, 0) is 48.6 Å². The summed E-state index contributed by atoms with van der Waals surface area (Å²) in [4.78, 5) is 0. The minimum Gasteiger partial charge on any atom is -0.385 e. The van der Waals surface area contributed by atoms with E-state index in [-0.39, 0.29) is 0 Å². The van der Waals surface area contributed by atoms with E-state index < -0.39 is 0 Å². The number of aromatic nitrogens is 2. The van der Waals surface area contributed by atoms with Gasteiger partial charge >= 0.3 is 0 Å². The minimum atomic E-state index is 0.488. The Morgan fingerprint density at radius 3 is 2.75 bits per heavy atom. The Morgan fingerprint density at radius 1 is 1.20 bits per heavy atom. The molecule has 1 N–H and O–H groups in total. The fourth-order valence-corrected chi connectivity index (χ4v) is 2.56. The van der Waals surface area contributed by atoms with Crippen LogP contribution in [0.15, 0.2) is 30.5 Å². The molecule has 0 saturated heterocycles. The van der Waals surface area contributed by atoms with Gasteiger partial charge in [0.2, 0.25) is 0 Å². The van der Waals surface area contributed by atoms with Gasteiger partial charge in [0, 0.05) is 24.1 Å². The lowest BCUT2D eigenvalue weighted by molar-refractivity contribution is 0.732. The highest BCUT2D eigenvalue weighted by Crippen LogP contribution is 2.26. The SMILES string of the molecule is CC.CC(C)c1ccnn1-c1ccc2c(c1)CCCN2. The van der Waals surface area contributed by atoms with Crippen LogP contribution in [0.2, 0.25) is 0 Å². The molecule has 1 aromatic heterocycles. The van der Waals surface area contributed by atoms with E-state index in [1.54, 1.807) is 0 Å². The van der Waals surface area contributed by atoms with E-state index in [0.29, 0.717) is 5.92 Å². The average molecular weight is 271 g/mol. The van der Waals surface area contributed by atoms with Crippen LogP contribution in [0.5, 0.6) is 0 Å². The molecule has 0 aliphatic carbocycles. The third-order valence-corrected chi connectivity index (χ3v) is 3.54. The van der Waals surface area contributed by atoms with Crippen molar-refractivity contribution in [3.8, 4) is 5.69 Å². The maximum atomic E-state index is 4.45. The second kappa shape index (κ2) is 6.60. The van der Waals surface area contributed by atoms with Gasteiger partial charge in [-0.15, -0.1) is 0 Å². The first-order chi connectivity index (χ1) is 9.75. The molecule has 0 bridgehead atoms. The summed E-state index contributed by atoms with van der Waals surface area (Å²) in [6.45, 7) is 9.49. The molecule has 1 aromatic carbocycles. The van der Waals surface area contributed by atoms with Gasteiger partial charge in [0.1, 0.15) is 0 Å². The van der Waals surface area contributed by atoms with Gasteiger partial charge in [0.15, 0.2) is 0 Å². The fourth-order valence-electron chi connectivity index (χ4n) is 2.56. The molecule has 108 valence electrons. The van der Waals surface area contributed by atoms with Gasteiger partial charge in [0.25, 0.3) is 0 Å². The molecule has 20 heavy (non-hydrogen) atoms. The molecule has 2 aromatic rings. The standard InChI is InChI=1S/C15H19N3.C2H6/c1-11(2)15-7-9-17-18(15)13-5-6-14-12(10-13)4-3-8-16-14;1-2/h5-7,9-11,16H,3-4,8H2,1-2H3;1-2H3. The van der Waals surface area contributed by atoms with Crippen LogP contribution in [-0.4, -0.2) is 16.3 Å². The molecule has 1 aliphatic rings. The Labute approximate surface area is 122 Å². The lowest BCUT2D eigenvalue weighted by Crippen LogP contribution is -2.12. The zero-order valence-corrected chi connectivity index (χ0v) is 13.0. The molecule has 0 radical (unpaired) electrons. The zero-order chi connectivity index (χ0) is 14.5. The molecule has 0 amide bonds. The maximum Gasteiger partial charge on any atom is 0.0653 e. The Morgan fingerprint density at radius 2 is 2.00 bits per heavy atom. The minimum absolute atomic E-state index is 0.488. The summed E-state index contributed by atoms with van der Waals surface area (Å²) in [5, 5.41) is 7.90. The number of nitrogens with one attached hydrogen (secondary N) is 1. The smallest absolute Gasteiger partial charge is 0.0653 e.